The third kappa shape index (κ3) is 5.60. The van der Waals surface area contributed by atoms with Crippen LogP contribution in [0.4, 0.5) is 0 Å². The summed E-state index contributed by atoms with van der Waals surface area (Å²) >= 11 is 0. The van der Waals surface area contributed by atoms with E-state index in [4.69, 9.17) is 11.5 Å². The zero-order chi connectivity index (χ0) is 7.49. The molecule has 0 heterocycles. The van der Waals surface area contributed by atoms with Gasteiger partial charge in [0.15, 0.2) is 0 Å². The van der Waals surface area contributed by atoms with Crippen LogP contribution in [0.15, 0.2) is 0 Å². The maximum absolute atomic E-state index is 9.99. The minimum absolute atomic E-state index is 0. The number of rotatable bonds is 3. The van der Waals surface area contributed by atoms with Crippen LogP contribution in [-0.4, -0.2) is 24.9 Å². The largest absolute Gasteiger partial charge is 1.00 e. The molecule has 0 aliphatic carbocycles. The van der Waals surface area contributed by atoms with Gasteiger partial charge >= 0.3 is 29.6 Å². The first-order chi connectivity index (χ1) is 3.98. The van der Waals surface area contributed by atoms with Crippen molar-refractivity contribution in [2.75, 3.05) is 6.54 Å². The van der Waals surface area contributed by atoms with E-state index in [2.05, 4.69) is 0 Å². The molecule has 1 atom stereocenters. The Morgan fingerprint density at radius 2 is 1.90 bits per heavy atom. The van der Waals surface area contributed by atoms with Crippen LogP contribution < -0.4 is 41.0 Å². The molecule has 0 spiro atoms. The SMILES string of the molecule is NCCC(N)S(=O)(=O)[O-].[Na+]. The van der Waals surface area contributed by atoms with E-state index in [-0.39, 0.29) is 42.5 Å². The van der Waals surface area contributed by atoms with Crippen LogP contribution in [0.3, 0.4) is 0 Å². The molecular weight excluding hydrogens is 167 g/mol. The van der Waals surface area contributed by atoms with Gasteiger partial charge in [-0.3, -0.25) is 0 Å². The summed E-state index contributed by atoms with van der Waals surface area (Å²) in [6.45, 7) is 0.114. The van der Waals surface area contributed by atoms with Crippen molar-refractivity contribution in [3.05, 3.63) is 0 Å². The zero-order valence-electron chi connectivity index (χ0n) is 5.78. The van der Waals surface area contributed by atoms with Crippen LogP contribution in [0, 0.1) is 0 Å². The molecule has 0 rings (SSSR count). The van der Waals surface area contributed by atoms with E-state index in [9.17, 15) is 13.0 Å². The summed E-state index contributed by atoms with van der Waals surface area (Å²) in [5.74, 6) is 0. The molecule has 4 N–H and O–H groups in total. The fraction of sp³-hybridized carbons (Fsp3) is 1.00. The van der Waals surface area contributed by atoms with E-state index in [1.165, 1.54) is 0 Å². The van der Waals surface area contributed by atoms with Crippen molar-refractivity contribution in [1.29, 1.82) is 0 Å². The summed E-state index contributed by atoms with van der Waals surface area (Å²) in [6.07, 6.45) is 0.0197. The second kappa shape index (κ2) is 5.48. The van der Waals surface area contributed by atoms with Gasteiger partial charge in [0.25, 0.3) is 0 Å². The normalized spacial score (nSPS) is 13.9. The van der Waals surface area contributed by atoms with Crippen LogP contribution in [-0.2, 0) is 10.1 Å². The summed E-state index contributed by atoms with van der Waals surface area (Å²) in [6, 6.07) is 0. The van der Waals surface area contributed by atoms with E-state index in [0.717, 1.165) is 0 Å². The van der Waals surface area contributed by atoms with Crippen LogP contribution in [0.1, 0.15) is 6.42 Å². The summed E-state index contributed by atoms with van der Waals surface area (Å²) < 4.78 is 30.0. The molecule has 0 amide bonds. The average Bonchev–Trinajstić information content (AvgIpc) is 1.64. The van der Waals surface area contributed by atoms with Gasteiger partial charge in [-0.2, -0.15) is 0 Å². The summed E-state index contributed by atoms with van der Waals surface area (Å²) in [7, 11) is -4.32. The number of hydrogen-bond donors (Lipinski definition) is 2. The van der Waals surface area contributed by atoms with E-state index in [1.54, 1.807) is 0 Å². The molecule has 0 aliphatic heterocycles. The zero-order valence-corrected chi connectivity index (χ0v) is 8.60. The number of hydrogen-bond acceptors (Lipinski definition) is 5. The minimum atomic E-state index is -4.32. The molecule has 0 fully saturated rings. The van der Waals surface area contributed by atoms with E-state index < -0.39 is 15.5 Å². The molecule has 0 aromatic carbocycles. The molecule has 7 heteroatoms. The van der Waals surface area contributed by atoms with Crippen molar-refractivity contribution >= 4 is 10.1 Å². The Balaban J connectivity index is 0. The minimum Gasteiger partial charge on any atom is -0.747 e. The van der Waals surface area contributed by atoms with Crippen LogP contribution in [0.2, 0.25) is 0 Å². The van der Waals surface area contributed by atoms with Crippen LogP contribution in [0.5, 0.6) is 0 Å². The van der Waals surface area contributed by atoms with E-state index >= 15 is 0 Å². The Morgan fingerprint density at radius 3 is 2.00 bits per heavy atom. The Morgan fingerprint density at radius 1 is 1.50 bits per heavy atom. The molecule has 0 aromatic heterocycles. The first-order valence-electron chi connectivity index (χ1n) is 2.39. The fourth-order valence-electron chi connectivity index (χ4n) is 0.309. The Kier molecular flexibility index (Phi) is 7.35. The molecule has 56 valence electrons. The summed E-state index contributed by atoms with van der Waals surface area (Å²) in [4.78, 5) is 0. The van der Waals surface area contributed by atoms with Crippen molar-refractivity contribution in [3.8, 4) is 0 Å². The molecule has 1 unspecified atom stereocenters. The van der Waals surface area contributed by atoms with Crippen molar-refractivity contribution in [1.82, 2.24) is 0 Å². The Bertz CT molecular complexity index is 169. The van der Waals surface area contributed by atoms with Gasteiger partial charge in [-0.05, 0) is 13.0 Å². The van der Waals surface area contributed by atoms with E-state index in [0.29, 0.717) is 0 Å². The molecule has 0 saturated carbocycles. The maximum atomic E-state index is 9.99. The third-order valence-corrected chi connectivity index (χ3v) is 1.80. The second-order valence-electron chi connectivity index (χ2n) is 1.61. The molecule has 0 bridgehead atoms. The summed E-state index contributed by atoms with van der Waals surface area (Å²) in [5, 5.41) is -1.34. The van der Waals surface area contributed by atoms with Gasteiger partial charge in [-0.25, -0.2) is 8.42 Å². The van der Waals surface area contributed by atoms with Crippen molar-refractivity contribution in [3.63, 3.8) is 0 Å². The number of nitrogens with two attached hydrogens (primary N) is 2. The van der Waals surface area contributed by atoms with Gasteiger partial charge in [0.05, 0.1) is 5.37 Å². The topological polar surface area (TPSA) is 109 Å². The molecule has 0 radical (unpaired) electrons. The first kappa shape index (κ1) is 13.4. The van der Waals surface area contributed by atoms with E-state index in [1.807, 2.05) is 0 Å². The second-order valence-corrected chi connectivity index (χ2v) is 3.20. The Labute approximate surface area is 82.2 Å². The van der Waals surface area contributed by atoms with Gasteiger partial charge in [0.2, 0.25) is 0 Å². The Hall–Kier alpha value is 0.830. The average molecular weight is 176 g/mol. The summed E-state index contributed by atoms with van der Waals surface area (Å²) in [5.41, 5.74) is 9.82. The molecule has 0 aromatic rings. The molecule has 10 heavy (non-hydrogen) atoms. The molecule has 0 saturated heterocycles. The first-order valence-corrected chi connectivity index (χ1v) is 3.86. The smallest absolute Gasteiger partial charge is 0.747 e. The molecular formula is C3H9N2NaO3S. The predicted molar refractivity (Wildman–Crippen MR) is 31.3 cm³/mol. The fourth-order valence-corrected chi connectivity index (χ4v) is 0.733. The van der Waals surface area contributed by atoms with Gasteiger partial charge in [0, 0.05) is 0 Å². The van der Waals surface area contributed by atoms with Gasteiger partial charge in [0.1, 0.15) is 10.1 Å². The predicted octanol–water partition coefficient (Wildman–Crippen LogP) is -4.83. The molecule has 5 nitrogen and oxygen atoms in total. The van der Waals surface area contributed by atoms with Crippen molar-refractivity contribution in [2.45, 2.75) is 11.8 Å². The van der Waals surface area contributed by atoms with Gasteiger partial charge in [-0.1, -0.05) is 0 Å². The van der Waals surface area contributed by atoms with Crippen molar-refractivity contribution in [2.24, 2.45) is 11.5 Å². The standard InChI is InChI=1S/C3H10N2O3S.Na/c4-2-1-3(5)9(6,7)8;/h3H,1-2,4-5H2,(H,6,7,8);/q;+1/p-1. The van der Waals surface area contributed by atoms with Gasteiger partial charge in [-0.15, -0.1) is 0 Å². The van der Waals surface area contributed by atoms with Crippen LogP contribution >= 0.6 is 0 Å². The molecule has 0 aliphatic rings. The third-order valence-electron chi connectivity index (χ3n) is 0.822. The maximum Gasteiger partial charge on any atom is 1.00 e. The monoisotopic (exact) mass is 176 g/mol. The van der Waals surface area contributed by atoms with Gasteiger partial charge < -0.3 is 16.0 Å². The quantitative estimate of drug-likeness (QED) is 0.331. The van der Waals surface area contributed by atoms with Crippen molar-refractivity contribution < 1.29 is 42.5 Å². The van der Waals surface area contributed by atoms with Crippen LogP contribution in [0.25, 0.3) is 0 Å².